The molecule has 0 amide bonds. The van der Waals surface area contributed by atoms with E-state index in [1.54, 1.807) is 12.1 Å². The Labute approximate surface area is 118 Å². The Morgan fingerprint density at radius 3 is 2.63 bits per heavy atom. The smallest absolute Gasteiger partial charge is 0.491 e. The van der Waals surface area contributed by atoms with Crippen molar-refractivity contribution in [2.45, 2.75) is 19.8 Å². The van der Waals surface area contributed by atoms with Crippen LogP contribution in [0.15, 0.2) is 22.7 Å². The summed E-state index contributed by atoms with van der Waals surface area (Å²) in [4.78, 5) is 0. The largest absolute Gasteiger partial charge is 0.522 e. The van der Waals surface area contributed by atoms with Gasteiger partial charge in [0, 0.05) is 16.6 Å². The molecule has 1 N–H and O–H groups in total. The zero-order valence-corrected chi connectivity index (χ0v) is 12.0. The zero-order chi connectivity index (χ0) is 14.3. The first kappa shape index (κ1) is 16.3. The van der Waals surface area contributed by atoms with Gasteiger partial charge in [-0.25, -0.2) is 0 Å². The SMILES string of the molecule is CCNCc1cc(Br)ccc1OCCOC(F)(F)F. The van der Waals surface area contributed by atoms with Crippen LogP contribution in [0.4, 0.5) is 13.2 Å². The van der Waals surface area contributed by atoms with Gasteiger partial charge in [-0.15, -0.1) is 13.2 Å². The maximum atomic E-state index is 11.8. The first-order valence-electron chi connectivity index (χ1n) is 5.75. The van der Waals surface area contributed by atoms with E-state index in [-0.39, 0.29) is 6.61 Å². The third-order valence-electron chi connectivity index (χ3n) is 2.19. The fraction of sp³-hybridized carbons (Fsp3) is 0.500. The van der Waals surface area contributed by atoms with Crippen LogP contribution < -0.4 is 10.1 Å². The van der Waals surface area contributed by atoms with Crippen LogP contribution in [0.5, 0.6) is 5.75 Å². The van der Waals surface area contributed by atoms with Crippen molar-refractivity contribution in [1.29, 1.82) is 0 Å². The summed E-state index contributed by atoms with van der Waals surface area (Å²) in [5, 5.41) is 3.13. The van der Waals surface area contributed by atoms with Crippen molar-refractivity contribution in [3.05, 3.63) is 28.2 Å². The van der Waals surface area contributed by atoms with Gasteiger partial charge in [-0.05, 0) is 24.7 Å². The molecular weight excluding hydrogens is 327 g/mol. The first-order chi connectivity index (χ1) is 8.92. The van der Waals surface area contributed by atoms with E-state index in [2.05, 4.69) is 26.0 Å². The molecule has 3 nitrogen and oxygen atoms in total. The Kier molecular flexibility index (Phi) is 6.60. The summed E-state index contributed by atoms with van der Waals surface area (Å²) < 4.78 is 45.2. The first-order valence-corrected chi connectivity index (χ1v) is 6.54. The average Bonchev–Trinajstić information content (AvgIpc) is 2.32. The molecule has 0 spiro atoms. The summed E-state index contributed by atoms with van der Waals surface area (Å²) in [5.74, 6) is 0.551. The molecular formula is C12H15BrF3NO2. The molecule has 0 unspecified atom stereocenters. The molecule has 0 aromatic heterocycles. The zero-order valence-electron chi connectivity index (χ0n) is 10.4. The van der Waals surface area contributed by atoms with Crippen LogP contribution in [-0.4, -0.2) is 26.1 Å². The number of benzene rings is 1. The third kappa shape index (κ3) is 6.79. The summed E-state index contributed by atoms with van der Waals surface area (Å²) in [6.45, 7) is 2.67. The van der Waals surface area contributed by atoms with Gasteiger partial charge in [-0.1, -0.05) is 22.9 Å². The molecule has 0 aliphatic carbocycles. The lowest BCUT2D eigenvalue weighted by Gasteiger charge is -2.13. The number of ether oxygens (including phenoxy) is 2. The Morgan fingerprint density at radius 1 is 1.26 bits per heavy atom. The number of nitrogens with one attached hydrogen (secondary N) is 1. The highest BCUT2D eigenvalue weighted by Gasteiger charge is 2.28. The van der Waals surface area contributed by atoms with Gasteiger partial charge in [0.15, 0.2) is 0 Å². The third-order valence-corrected chi connectivity index (χ3v) is 2.69. The Hall–Kier alpha value is -0.790. The van der Waals surface area contributed by atoms with E-state index in [4.69, 9.17) is 4.74 Å². The molecule has 1 rings (SSSR count). The number of hydrogen-bond donors (Lipinski definition) is 1. The molecule has 0 aliphatic rings. The van der Waals surface area contributed by atoms with E-state index in [1.165, 1.54) is 0 Å². The molecule has 0 aliphatic heterocycles. The highest BCUT2D eigenvalue weighted by atomic mass is 79.9. The number of halogens is 4. The molecule has 108 valence electrons. The van der Waals surface area contributed by atoms with Gasteiger partial charge in [0.25, 0.3) is 0 Å². The van der Waals surface area contributed by atoms with Crippen molar-refractivity contribution >= 4 is 15.9 Å². The molecule has 0 saturated carbocycles. The maximum Gasteiger partial charge on any atom is 0.522 e. The van der Waals surface area contributed by atoms with Crippen molar-refractivity contribution in [2.24, 2.45) is 0 Å². The molecule has 0 saturated heterocycles. The molecule has 1 aromatic rings. The van der Waals surface area contributed by atoms with Crippen molar-refractivity contribution in [3.8, 4) is 5.75 Å². The lowest BCUT2D eigenvalue weighted by Crippen LogP contribution is -2.19. The minimum absolute atomic E-state index is 0.153. The normalized spacial score (nSPS) is 11.6. The standard InChI is InChI=1S/C12H15BrF3NO2/c1-2-17-8-9-7-10(13)3-4-11(9)18-5-6-19-12(14,15)16/h3-4,7,17H,2,5-6,8H2,1H3. The maximum absolute atomic E-state index is 11.8. The molecule has 1 aromatic carbocycles. The van der Waals surface area contributed by atoms with Crippen LogP contribution in [0.1, 0.15) is 12.5 Å². The predicted octanol–water partition coefficient (Wildman–Crippen LogP) is 3.47. The topological polar surface area (TPSA) is 30.5 Å². The van der Waals surface area contributed by atoms with Crippen LogP contribution in [0.2, 0.25) is 0 Å². The van der Waals surface area contributed by atoms with Crippen LogP contribution in [0.3, 0.4) is 0 Å². The van der Waals surface area contributed by atoms with Gasteiger partial charge < -0.3 is 10.1 Å². The molecule has 7 heteroatoms. The molecule has 0 atom stereocenters. The number of hydrogen-bond acceptors (Lipinski definition) is 3. The van der Waals surface area contributed by atoms with Crippen LogP contribution >= 0.6 is 15.9 Å². The fourth-order valence-corrected chi connectivity index (χ4v) is 1.80. The lowest BCUT2D eigenvalue weighted by atomic mass is 10.2. The van der Waals surface area contributed by atoms with E-state index in [0.717, 1.165) is 16.6 Å². The lowest BCUT2D eigenvalue weighted by molar-refractivity contribution is -0.325. The van der Waals surface area contributed by atoms with E-state index < -0.39 is 13.0 Å². The van der Waals surface area contributed by atoms with Gasteiger partial charge in [0.1, 0.15) is 12.4 Å². The minimum atomic E-state index is -4.62. The highest BCUT2D eigenvalue weighted by Crippen LogP contribution is 2.23. The van der Waals surface area contributed by atoms with Gasteiger partial charge >= 0.3 is 6.36 Å². The molecule has 0 bridgehead atoms. The van der Waals surface area contributed by atoms with E-state index >= 15 is 0 Å². The van der Waals surface area contributed by atoms with E-state index in [0.29, 0.717) is 12.3 Å². The van der Waals surface area contributed by atoms with Gasteiger partial charge in [0.2, 0.25) is 0 Å². The monoisotopic (exact) mass is 341 g/mol. The Balaban J connectivity index is 2.52. The molecule has 19 heavy (non-hydrogen) atoms. The van der Waals surface area contributed by atoms with Gasteiger partial charge in [-0.3, -0.25) is 4.74 Å². The van der Waals surface area contributed by atoms with Crippen LogP contribution in [-0.2, 0) is 11.3 Å². The van der Waals surface area contributed by atoms with Crippen molar-refractivity contribution < 1.29 is 22.6 Å². The Bertz CT molecular complexity index is 399. The second-order valence-corrected chi connectivity index (χ2v) is 4.59. The van der Waals surface area contributed by atoms with E-state index in [9.17, 15) is 13.2 Å². The Morgan fingerprint density at radius 2 is 2.00 bits per heavy atom. The summed E-state index contributed by atoms with van der Waals surface area (Å²) >= 11 is 3.34. The summed E-state index contributed by atoms with van der Waals surface area (Å²) in [6, 6.07) is 5.35. The summed E-state index contributed by atoms with van der Waals surface area (Å²) in [6.07, 6.45) is -4.62. The predicted molar refractivity (Wildman–Crippen MR) is 69.0 cm³/mol. The highest BCUT2D eigenvalue weighted by molar-refractivity contribution is 9.10. The summed E-state index contributed by atoms with van der Waals surface area (Å²) in [5.41, 5.74) is 0.878. The quantitative estimate of drug-likeness (QED) is 0.770. The average molecular weight is 342 g/mol. The van der Waals surface area contributed by atoms with E-state index in [1.807, 2.05) is 13.0 Å². The van der Waals surface area contributed by atoms with Crippen LogP contribution in [0, 0.1) is 0 Å². The second kappa shape index (κ2) is 7.72. The summed E-state index contributed by atoms with van der Waals surface area (Å²) in [7, 11) is 0. The van der Waals surface area contributed by atoms with Crippen molar-refractivity contribution in [3.63, 3.8) is 0 Å². The molecule has 0 radical (unpaired) electrons. The van der Waals surface area contributed by atoms with Gasteiger partial charge in [0.05, 0.1) is 6.61 Å². The van der Waals surface area contributed by atoms with Gasteiger partial charge in [-0.2, -0.15) is 0 Å². The van der Waals surface area contributed by atoms with Crippen LogP contribution in [0.25, 0.3) is 0 Å². The minimum Gasteiger partial charge on any atom is -0.491 e. The van der Waals surface area contributed by atoms with Crippen molar-refractivity contribution in [2.75, 3.05) is 19.8 Å². The number of rotatable bonds is 7. The molecule has 0 heterocycles. The van der Waals surface area contributed by atoms with Crippen molar-refractivity contribution in [1.82, 2.24) is 5.32 Å². The molecule has 0 fully saturated rings. The second-order valence-electron chi connectivity index (χ2n) is 3.68. The fourth-order valence-electron chi connectivity index (χ4n) is 1.40. The number of alkyl halides is 3.